The zero-order valence-corrected chi connectivity index (χ0v) is 15.1. The molecule has 8 heteroatoms. The monoisotopic (exact) mass is 384 g/mol. The molecule has 24 heavy (non-hydrogen) atoms. The maximum atomic E-state index is 12.6. The van der Waals surface area contributed by atoms with Crippen molar-refractivity contribution < 1.29 is 14.7 Å². The van der Waals surface area contributed by atoms with Crippen LogP contribution in [0.25, 0.3) is 10.6 Å². The van der Waals surface area contributed by atoms with Gasteiger partial charge in [0.2, 0.25) is 0 Å². The zero-order valence-electron chi connectivity index (χ0n) is 12.8. The largest absolute Gasteiger partial charge is 0.481 e. The van der Waals surface area contributed by atoms with Gasteiger partial charge in [0.15, 0.2) is 0 Å². The summed E-state index contributed by atoms with van der Waals surface area (Å²) in [6, 6.07) is 5.17. The third-order valence-electron chi connectivity index (χ3n) is 4.17. The van der Waals surface area contributed by atoms with Crippen molar-refractivity contribution in [2.75, 3.05) is 13.1 Å². The Balaban J connectivity index is 1.79. The lowest BCUT2D eigenvalue weighted by molar-refractivity contribution is -0.147. The highest BCUT2D eigenvalue weighted by Crippen LogP contribution is 2.33. The van der Waals surface area contributed by atoms with Crippen molar-refractivity contribution in [3.05, 3.63) is 39.3 Å². The van der Waals surface area contributed by atoms with Crippen LogP contribution in [0.5, 0.6) is 0 Å². The van der Waals surface area contributed by atoms with Gasteiger partial charge in [-0.1, -0.05) is 29.3 Å². The van der Waals surface area contributed by atoms with Gasteiger partial charge in [-0.3, -0.25) is 9.59 Å². The Labute approximate surface area is 152 Å². The molecule has 1 unspecified atom stereocenters. The number of likely N-dealkylation sites (tertiary alicyclic amines) is 1. The summed E-state index contributed by atoms with van der Waals surface area (Å²) < 4.78 is 0. The minimum absolute atomic E-state index is 0.195. The van der Waals surface area contributed by atoms with Crippen molar-refractivity contribution in [3.63, 3.8) is 0 Å². The fraction of sp³-hybridized carbons (Fsp3) is 0.312. The first-order chi connectivity index (χ1) is 11.3. The van der Waals surface area contributed by atoms with E-state index in [1.54, 1.807) is 35.4 Å². The highest BCUT2D eigenvalue weighted by molar-refractivity contribution is 7.13. The first kappa shape index (κ1) is 17.2. The van der Waals surface area contributed by atoms with Crippen molar-refractivity contribution >= 4 is 46.4 Å². The van der Waals surface area contributed by atoms with E-state index in [9.17, 15) is 14.7 Å². The van der Waals surface area contributed by atoms with Crippen LogP contribution in [0.1, 0.15) is 23.8 Å². The number of halogens is 2. The minimum Gasteiger partial charge on any atom is -0.481 e. The Morgan fingerprint density at radius 3 is 2.71 bits per heavy atom. The summed E-state index contributed by atoms with van der Waals surface area (Å²) in [7, 11) is 0. The SMILES string of the molecule is CC1(C(=O)O)CCN(C(=O)c2csc(-c3ccc(Cl)c(Cl)c3)n2)C1. The van der Waals surface area contributed by atoms with Gasteiger partial charge in [0.05, 0.1) is 15.5 Å². The van der Waals surface area contributed by atoms with E-state index in [2.05, 4.69) is 4.98 Å². The minimum atomic E-state index is -0.891. The molecule has 1 N–H and O–H groups in total. The molecule has 2 aromatic rings. The molecule has 0 saturated carbocycles. The number of carboxylic acids is 1. The number of aromatic nitrogens is 1. The van der Waals surface area contributed by atoms with Gasteiger partial charge in [-0.25, -0.2) is 4.98 Å². The van der Waals surface area contributed by atoms with E-state index in [-0.39, 0.29) is 12.5 Å². The number of carboxylic acid groups (broad SMARTS) is 1. The second kappa shape index (κ2) is 6.35. The molecule has 1 aromatic carbocycles. The van der Waals surface area contributed by atoms with Crippen LogP contribution in [0.2, 0.25) is 10.0 Å². The molecule has 1 aromatic heterocycles. The van der Waals surface area contributed by atoms with Crippen LogP contribution in [0.3, 0.4) is 0 Å². The quantitative estimate of drug-likeness (QED) is 0.865. The number of hydrogen-bond donors (Lipinski definition) is 1. The Morgan fingerprint density at radius 1 is 1.33 bits per heavy atom. The Hall–Kier alpha value is -1.63. The summed E-state index contributed by atoms with van der Waals surface area (Å²) in [5.41, 5.74) is 0.207. The number of benzene rings is 1. The van der Waals surface area contributed by atoms with Crippen LogP contribution in [0.15, 0.2) is 23.6 Å². The molecule has 1 aliphatic heterocycles. The second-order valence-electron chi connectivity index (χ2n) is 6.01. The topological polar surface area (TPSA) is 70.5 Å². The molecule has 0 spiro atoms. The highest BCUT2D eigenvalue weighted by atomic mass is 35.5. The van der Waals surface area contributed by atoms with E-state index in [1.807, 2.05) is 0 Å². The third-order valence-corrected chi connectivity index (χ3v) is 5.80. The molecule has 1 amide bonds. The van der Waals surface area contributed by atoms with Crippen LogP contribution in [0.4, 0.5) is 0 Å². The molecule has 2 heterocycles. The molecule has 0 radical (unpaired) electrons. The first-order valence-corrected chi connectivity index (χ1v) is 8.87. The summed E-state index contributed by atoms with van der Waals surface area (Å²) in [5, 5.41) is 12.5. The lowest BCUT2D eigenvalue weighted by Gasteiger charge is -2.19. The maximum absolute atomic E-state index is 12.6. The van der Waals surface area contributed by atoms with Crippen LogP contribution < -0.4 is 0 Å². The van der Waals surface area contributed by atoms with Gasteiger partial charge in [-0.15, -0.1) is 11.3 Å². The molecule has 0 bridgehead atoms. The average Bonchev–Trinajstić information content (AvgIpc) is 3.17. The molecule has 1 saturated heterocycles. The van der Waals surface area contributed by atoms with E-state index in [0.29, 0.717) is 33.7 Å². The second-order valence-corrected chi connectivity index (χ2v) is 7.68. The van der Waals surface area contributed by atoms with Gasteiger partial charge >= 0.3 is 5.97 Å². The summed E-state index contributed by atoms with van der Waals surface area (Å²) in [4.78, 5) is 29.8. The summed E-state index contributed by atoms with van der Waals surface area (Å²) >= 11 is 13.3. The molecular weight excluding hydrogens is 371 g/mol. The Morgan fingerprint density at radius 2 is 2.08 bits per heavy atom. The van der Waals surface area contributed by atoms with Gasteiger partial charge in [0.25, 0.3) is 5.91 Å². The van der Waals surface area contributed by atoms with Gasteiger partial charge < -0.3 is 10.0 Å². The highest BCUT2D eigenvalue weighted by Gasteiger charge is 2.42. The Kier molecular flexibility index (Phi) is 4.55. The van der Waals surface area contributed by atoms with Crippen LogP contribution in [-0.4, -0.2) is 40.0 Å². The van der Waals surface area contributed by atoms with Crippen molar-refractivity contribution in [1.82, 2.24) is 9.88 Å². The van der Waals surface area contributed by atoms with Crippen LogP contribution >= 0.6 is 34.5 Å². The smallest absolute Gasteiger partial charge is 0.311 e. The first-order valence-electron chi connectivity index (χ1n) is 7.24. The number of thiazole rings is 1. The van der Waals surface area contributed by atoms with Gasteiger partial charge in [0, 0.05) is 24.0 Å². The number of amides is 1. The predicted molar refractivity (Wildman–Crippen MR) is 93.8 cm³/mol. The molecule has 0 aliphatic carbocycles. The number of carbonyl (C=O) groups excluding carboxylic acids is 1. The van der Waals surface area contributed by atoms with Gasteiger partial charge in [-0.05, 0) is 25.5 Å². The van der Waals surface area contributed by atoms with Crippen molar-refractivity contribution in [3.8, 4) is 10.6 Å². The number of aliphatic carboxylic acids is 1. The molecule has 126 valence electrons. The summed E-state index contributed by atoms with van der Waals surface area (Å²) in [6.07, 6.45) is 0.442. The third kappa shape index (κ3) is 3.14. The molecule has 5 nitrogen and oxygen atoms in total. The van der Waals surface area contributed by atoms with Crippen LogP contribution in [0, 0.1) is 5.41 Å². The lowest BCUT2D eigenvalue weighted by atomic mass is 9.90. The van der Waals surface area contributed by atoms with Crippen molar-refractivity contribution in [1.29, 1.82) is 0 Å². The fourth-order valence-corrected chi connectivity index (χ4v) is 3.69. The van der Waals surface area contributed by atoms with E-state index in [4.69, 9.17) is 23.2 Å². The van der Waals surface area contributed by atoms with Crippen LogP contribution in [-0.2, 0) is 4.79 Å². The lowest BCUT2D eigenvalue weighted by Crippen LogP contribution is -2.35. The zero-order chi connectivity index (χ0) is 17.5. The molecule has 1 atom stereocenters. The molecule has 3 rings (SSSR count). The van der Waals surface area contributed by atoms with E-state index in [1.165, 1.54) is 11.3 Å². The number of nitrogens with zero attached hydrogens (tertiary/aromatic N) is 2. The summed E-state index contributed by atoms with van der Waals surface area (Å²) in [6.45, 7) is 2.27. The normalized spacial score (nSPS) is 20.4. The average molecular weight is 385 g/mol. The standard InChI is InChI=1S/C16H14Cl2N2O3S/c1-16(15(22)23)4-5-20(8-16)14(21)12-7-24-13(19-12)9-2-3-10(17)11(18)6-9/h2-3,6-7H,4-5,8H2,1H3,(H,22,23). The molecule has 1 fully saturated rings. The number of hydrogen-bond acceptors (Lipinski definition) is 4. The summed E-state index contributed by atoms with van der Waals surface area (Å²) in [5.74, 6) is -1.13. The number of rotatable bonds is 3. The Bertz CT molecular complexity index is 823. The van der Waals surface area contributed by atoms with E-state index < -0.39 is 11.4 Å². The number of carbonyl (C=O) groups is 2. The maximum Gasteiger partial charge on any atom is 0.311 e. The van der Waals surface area contributed by atoms with Gasteiger partial charge in [0.1, 0.15) is 10.7 Å². The van der Waals surface area contributed by atoms with Crippen molar-refractivity contribution in [2.45, 2.75) is 13.3 Å². The van der Waals surface area contributed by atoms with Gasteiger partial charge in [-0.2, -0.15) is 0 Å². The predicted octanol–water partition coefficient (Wildman–Crippen LogP) is 4.05. The van der Waals surface area contributed by atoms with Crippen molar-refractivity contribution in [2.24, 2.45) is 5.41 Å². The molecular formula is C16H14Cl2N2O3S. The van der Waals surface area contributed by atoms with E-state index in [0.717, 1.165) is 5.56 Å². The fourth-order valence-electron chi connectivity index (χ4n) is 2.60. The van der Waals surface area contributed by atoms with E-state index >= 15 is 0 Å². The molecule has 1 aliphatic rings.